The van der Waals surface area contributed by atoms with Crippen molar-refractivity contribution in [3.63, 3.8) is 0 Å². The van der Waals surface area contributed by atoms with Crippen molar-refractivity contribution in [3.05, 3.63) is 110 Å². The molecule has 0 bridgehead atoms. The molecule has 9 heteroatoms. The summed E-state index contributed by atoms with van der Waals surface area (Å²) < 4.78 is 7.79. The molecule has 168 valence electrons. The zero-order valence-corrected chi connectivity index (χ0v) is 19.9. The van der Waals surface area contributed by atoms with E-state index in [-0.39, 0.29) is 22.9 Å². The molecule has 6 nitrogen and oxygen atoms in total. The topological polar surface area (TPSA) is 63.9 Å². The molecule has 2 aromatic carbocycles. The van der Waals surface area contributed by atoms with Crippen molar-refractivity contribution in [1.29, 1.82) is 0 Å². The number of amides is 1. The largest absolute Gasteiger partial charge is 0.438 e. The summed E-state index contributed by atoms with van der Waals surface area (Å²) in [4.78, 5) is 32.9. The van der Waals surface area contributed by atoms with Gasteiger partial charge in [0.1, 0.15) is 21.3 Å². The molecule has 4 aromatic rings. The van der Waals surface area contributed by atoms with Gasteiger partial charge in [-0.05, 0) is 48.0 Å². The number of hydrogen-bond donors (Lipinski definition) is 0. The number of rotatable bonds is 5. The highest BCUT2D eigenvalue weighted by Gasteiger charge is 2.32. The molecule has 1 fully saturated rings. The molecule has 0 atom stereocenters. The van der Waals surface area contributed by atoms with E-state index >= 15 is 0 Å². The number of thioether (sulfide) groups is 1. The quantitative estimate of drug-likeness (QED) is 0.262. The Hall–Kier alpha value is -3.46. The Morgan fingerprint density at radius 3 is 2.50 bits per heavy atom. The van der Waals surface area contributed by atoms with E-state index in [0.29, 0.717) is 32.2 Å². The van der Waals surface area contributed by atoms with E-state index in [1.165, 1.54) is 15.4 Å². The molecular formula is C25H16ClN3O3S2. The minimum atomic E-state index is -0.358. The molecule has 0 N–H and O–H groups in total. The molecule has 1 saturated heterocycles. The number of carbonyl (C=O) groups excluding carboxylic acids is 1. The van der Waals surface area contributed by atoms with Crippen molar-refractivity contribution < 1.29 is 9.53 Å². The smallest absolute Gasteiger partial charge is 0.269 e. The number of carbonyl (C=O) groups is 1. The lowest BCUT2D eigenvalue weighted by Gasteiger charge is -2.14. The molecule has 3 heterocycles. The normalized spacial score (nSPS) is 14.9. The summed E-state index contributed by atoms with van der Waals surface area (Å²) in [6.07, 6.45) is 3.12. The monoisotopic (exact) mass is 505 g/mol. The van der Waals surface area contributed by atoms with Gasteiger partial charge in [-0.2, -0.15) is 4.98 Å². The molecular weight excluding hydrogens is 490 g/mol. The lowest BCUT2D eigenvalue weighted by Crippen LogP contribution is -2.27. The third-order valence-corrected chi connectivity index (χ3v) is 6.72. The summed E-state index contributed by atoms with van der Waals surface area (Å²) in [5.41, 5.74) is 1.17. The van der Waals surface area contributed by atoms with Crippen molar-refractivity contribution in [2.45, 2.75) is 6.54 Å². The maximum atomic E-state index is 13.4. The molecule has 34 heavy (non-hydrogen) atoms. The molecule has 0 unspecified atom stereocenters. The van der Waals surface area contributed by atoms with Crippen LogP contribution in [0.25, 0.3) is 11.7 Å². The third-order valence-electron chi connectivity index (χ3n) is 5.09. The first-order chi connectivity index (χ1) is 16.5. The number of halogens is 1. The number of benzene rings is 2. The first-order valence-electron chi connectivity index (χ1n) is 10.2. The van der Waals surface area contributed by atoms with Gasteiger partial charge in [-0.3, -0.25) is 18.9 Å². The van der Waals surface area contributed by atoms with Crippen LogP contribution in [-0.2, 0) is 11.3 Å². The van der Waals surface area contributed by atoms with Crippen molar-refractivity contribution in [2.75, 3.05) is 0 Å². The highest BCUT2D eigenvalue weighted by molar-refractivity contribution is 8.26. The van der Waals surface area contributed by atoms with Crippen LogP contribution in [0.4, 0.5) is 0 Å². The fourth-order valence-corrected chi connectivity index (χ4v) is 4.79. The average molecular weight is 506 g/mol. The molecule has 1 amide bonds. The van der Waals surface area contributed by atoms with Gasteiger partial charge in [0.2, 0.25) is 5.88 Å². The van der Waals surface area contributed by atoms with Crippen molar-refractivity contribution in [1.82, 2.24) is 14.3 Å². The van der Waals surface area contributed by atoms with Gasteiger partial charge >= 0.3 is 0 Å². The van der Waals surface area contributed by atoms with Crippen LogP contribution in [0.5, 0.6) is 11.6 Å². The minimum absolute atomic E-state index is 0.0897. The van der Waals surface area contributed by atoms with Gasteiger partial charge in [-0.15, -0.1) is 0 Å². The number of nitrogens with zero attached hydrogens (tertiary/aromatic N) is 3. The van der Waals surface area contributed by atoms with Crippen molar-refractivity contribution >= 4 is 57.5 Å². The predicted molar refractivity (Wildman–Crippen MR) is 138 cm³/mol. The summed E-state index contributed by atoms with van der Waals surface area (Å²) in [6, 6.07) is 21.5. The van der Waals surface area contributed by atoms with Crippen LogP contribution >= 0.6 is 35.6 Å². The average Bonchev–Trinajstić information content (AvgIpc) is 3.11. The lowest BCUT2D eigenvalue weighted by molar-refractivity contribution is -0.122. The number of thiocarbonyl (C=S) groups is 1. The Labute approximate surface area is 209 Å². The standard InChI is InChI=1S/C25H16ClN3O3S2/c26-17-9-11-18(12-10-17)32-22-19(23(30)28-13-5-4-8-21(28)27-22)14-20-24(31)29(25(33)34-20)15-16-6-2-1-3-7-16/h1-14H,15H2/b20-14-. The van der Waals surface area contributed by atoms with E-state index in [1.54, 1.807) is 48.7 Å². The van der Waals surface area contributed by atoms with Crippen LogP contribution in [0.2, 0.25) is 5.02 Å². The Morgan fingerprint density at radius 2 is 1.74 bits per heavy atom. The summed E-state index contributed by atoms with van der Waals surface area (Å²) in [5, 5.41) is 0.557. The highest BCUT2D eigenvalue weighted by Crippen LogP contribution is 2.35. The van der Waals surface area contributed by atoms with Gasteiger partial charge in [-0.1, -0.05) is 72.0 Å². The Bertz CT molecular complexity index is 1500. The highest BCUT2D eigenvalue weighted by atomic mass is 35.5. The molecule has 1 aliphatic heterocycles. The molecule has 0 saturated carbocycles. The van der Waals surface area contributed by atoms with Crippen molar-refractivity contribution in [3.8, 4) is 11.6 Å². The SMILES string of the molecule is O=C1/C(=C/c2c(Oc3ccc(Cl)cc3)nc3ccccn3c2=O)SC(=S)N1Cc1ccccc1. The predicted octanol–water partition coefficient (Wildman–Crippen LogP) is 5.54. The summed E-state index contributed by atoms with van der Waals surface area (Å²) in [6.45, 7) is 0.353. The Morgan fingerprint density at radius 1 is 1.00 bits per heavy atom. The van der Waals surface area contributed by atoms with Gasteiger partial charge in [0.05, 0.1) is 11.4 Å². The van der Waals surface area contributed by atoms with Gasteiger partial charge in [-0.25, -0.2) is 0 Å². The maximum Gasteiger partial charge on any atom is 0.269 e. The Balaban J connectivity index is 1.56. The first-order valence-corrected chi connectivity index (χ1v) is 11.8. The first kappa shape index (κ1) is 22.3. The lowest BCUT2D eigenvalue weighted by atomic mass is 10.2. The van der Waals surface area contributed by atoms with Gasteiger partial charge in [0.25, 0.3) is 11.5 Å². The van der Waals surface area contributed by atoms with E-state index < -0.39 is 0 Å². The number of aromatic nitrogens is 2. The second-order valence-electron chi connectivity index (χ2n) is 7.37. The number of fused-ring (bicyclic) bond motifs is 1. The molecule has 0 spiro atoms. The zero-order chi connectivity index (χ0) is 23.7. The van der Waals surface area contributed by atoms with E-state index in [2.05, 4.69) is 4.98 Å². The summed E-state index contributed by atoms with van der Waals surface area (Å²) >= 11 is 12.6. The second kappa shape index (κ2) is 9.42. The number of pyridine rings is 1. The third kappa shape index (κ3) is 4.48. The van der Waals surface area contributed by atoms with Gasteiger partial charge in [0.15, 0.2) is 0 Å². The van der Waals surface area contributed by atoms with E-state index in [4.69, 9.17) is 28.6 Å². The van der Waals surface area contributed by atoms with Crippen molar-refractivity contribution in [2.24, 2.45) is 0 Å². The van der Waals surface area contributed by atoms with Gasteiger partial charge in [0, 0.05) is 11.2 Å². The molecule has 0 radical (unpaired) electrons. The van der Waals surface area contributed by atoms with Crippen LogP contribution in [0.15, 0.2) is 88.7 Å². The maximum absolute atomic E-state index is 13.4. The summed E-state index contributed by atoms with van der Waals surface area (Å²) in [5.74, 6) is 0.281. The van der Waals surface area contributed by atoms with Crippen LogP contribution < -0.4 is 10.3 Å². The summed E-state index contributed by atoms with van der Waals surface area (Å²) in [7, 11) is 0. The number of hydrogen-bond acceptors (Lipinski definition) is 6. The molecule has 0 aliphatic carbocycles. The molecule has 5 rings (SSSR count). The van der Waals surface area contributed by atoms with E-state index in [0.717, 1.165) is 17.3 Å². The van der Waals surface area contributed by atoms with Crippen LogP contribution in [0.3, 0.4) is 0 Å². The van der Waals surface area contributed by atoms with E-state index in [1.807, 2.05) is 30.3 Å². The van der Waals surface area contributed by atoms with Gasteiger partial charge < -0.3 is 4.74 Å². The fourth-order valence-electron chi connectivity index (χ4n) is 3.43. The minimum Gasteiger partial charge on any atom is -0.438 e. The fraction of sp³-hybridized carbons (Fsp3) is 0.0400. The molecule has 2 aromatic heterocycles. The Kier molecular flexibility index (Phi) is 6.19. The zero-order valence-electron chi connectivity index (χ0n) is 17.6. The van der Waals surface area contributed by atoms with Crippen LogP contribution in [0, 0.1) is 0 Å². The molecule has 1 aliphatic rings. The van der Waals surface area contributed by atoms with Crippen LogP contribution in [-0.4, -0.2) is 24.5 Å². The van der Waals surface area contributed by atoms with Crippen LogP contribution in [0.1, 0.15) is 11.1 Å². The second-order valence-corrected chi connectivity index (χ2v) is 9.49. The number of ether oxygens (including phenoxy) is 1. The van der Waals surface area contributed by atoms with E-state index in [9.17, 15) is 9.59 Å².